The Morgan fingerprint density at radius 2 is 2.07 bits per heavy atom. The Bertz CT molecular complexity index is 260. The maximum Gasteiger partial charge on any atom is 0.362 e. The van der Waals surface area contributed by atoms with Crippen LogP contribution in [0.2, 0.25) is 0 Å². The molecule has 2 unspecified atom stereocenters. The third-order valence-electron chi connectivity index (χ3n) is 2.18. The Morgan fingerprint density at radius 1 is 1.50 bits per heavy atom. The van der Waals surface area contributed by atoms with E-state index in [1.807, 2.05) is 6.92 Å². The molecule has 1 aliphatic heterocycles. The van der Waals surface area contributed by atoms with Crippen molar-refractivity contribution >= 4 is 7.60 Å². The minimum absolute atomic E-state index is 0.334. The summed E-state index contributed by atoms with van der Waals surface area (Å²) in [5, 5.41) is 8.61. The summed E-state index contributed by atoms with van der Waals surface area (Å²) in [6.45, 7) is 7.39. The smallest absolute Gasteiger partial charge is 0.362 e. The lowest BCUT2D eigenvalue weighted by atomic mass is 10.0. The van der Waals surface area contributed by atoms with Crippen LogP contribution in [0.4, 0.5) is 0 Å². The molecule has 14 heavy (non-hydrogen) atoms. The van der Waals surface area contributed by atoms with Crippen LogP contribution in [0.5, 0.6) is 0 Å². The number of hydrogen-bond donors (Lipinski definition) is 1. The van der Waals surface area contributed by atoms with Crippen molar-refractivity contribution in [3.05, 3.63) is 0 Å². The molecule has 84 valence electrons. The zero-order valence-corrected chi connectivity index (χ0v) is 10.1. The fourth-order valence-corrected chi connectivity index (χ4v) is 3.98. The van der Waals surface area contributed by atoms with Gasteiger partial charge in [0.25, 0.3) is 0 Å². The molecule has 5 heteroatoms. The van der Waals surface area contributed by atoms with E-state index < -0.39 is 18.5 Å². The predicted octanol–water partition coefficient (Wildman–Crippen LogP) is 2.51. The van der Waals surface area contributed by atoms with Crippen LogP contribution in [-0.4, -0.2) is 22.7 Å². The van der Waals surface area contributed by atoms with Gasteiger partial charge >= 0.3 is 7.60 Å². The van der Waals surface area contributed by atoms with Gasteiger partial charge in [0.2, 0.25) is 0 Å². The van der Waals surface area contributed by atoms with E-state index in [1.54, 1.807) is 13.8 Å². The lowest BCUT2D eigenvalue weighted by Crippen LogP contribution is -2.24. The molecule has 4 nitrogen and oxygen atoms in total. The van der Waals surface area contributed by atoms with Gasteiger partial charge in [-0.05, 0) is 27.2 Å². The van der Waals surface area contributed by atoms with Gasteiger partial charge in [0.1, 0.15) is 0 Å². The van der Waals surface area contributed by atoms with Crippen molar-refractivity contribution in [3.63, 3.8) is 0 Å². The molecule has 2 atom stereocenters. The van der Waals surface area contributed by atoms with Crippen LogP contribution < -0.4 is 0 Å². The van der Waals surface area contributed by atoms with Gasteiger partial charge in [-0.3, -0.25) is 4.57 Å². The van der Waals surface area contributed by atoms with Crippen molar-refractivity contribution in [2.75, 3.05) is 6.61 Å². The van der Waals surface area contributed by atoms with Gasteiger partial charge in [-0.2, -0.15) is 0 Å². The van der Waals surface area contributed by atoms with Crippen molar-refractivity contribution in [1.82, 2.24) is 0 Å². The molecule has 1 N–H and O–H groups in total. The summed E-state index contributed by atoms with van der Waals surface area (Å²) in [6, 6.07) is 0. The second-order valence-corrected chi connectivity index (χ2v) is 6.97. The molecule has 1 rings (SSSR count). The molecule has 0 aromatic heterocycles. The Morgan fingerprint density at radius 3 is 2.43 bits per heavy atom. The van der Waals surface area contributed by atoms with E-state index in [4.69, 9.17) is 9.05 Å². The highest BCUT2D eigenvalue weighted by atomic mass is 31.2. The molecule has 0 amide bonds. The molecule has 0 aliphatic carbocycles. The Balaban J connectivity index is 2.83. The highest BCUT2D eigenvalue weighted by Gasteiger charge is 2.58. The van der Waals surface area contributed by atoms with Crippen LogP contribution >= 0.6 is 7.60 Å². The zero-order chi connectivity index (χ0) is 11.0. The van der Waals surface area contributed by atoms with Gasteiger partial charge in [0, 0.05) is 6.42 Å². The van der Waals surface area contributed by atoms with Gasteiger partial charge < -0.3 is 14.2 Å². The van der Waals surface area contributed by atoms with Crippen LogP contribution in [-0.2, 0) is 13.6 Å². The largest absolute Gasteiger partial charge is 0.377 e. The van der Waals surface area contributed by atoms with E-state index in [0.29, 0.717) is 13.0 Å². The third kappa shape index (κ3) is 2.19. The third-order valence-corrected chi connectivity index (χ3v) is 4.78. The second kappa shape index (κ2) is 3.60. The first kappa shape index (κ1) is 12.2. The van der Waals surface area contributed by atoms with E-state index in [2.05, 4.69) is 0 Å². The Hall–Kier alpha value is 0.110. The average Bonchev–Trinajstić information content (AvgIpc) is 2.12. The molecular weight excluding hydrogens is 203 g/mol. The Kier molecular flexibility index (Phi) is 3.13. The van der Waals surface area contributed by atoms with Crippen molar-refractivity contribution in [3.8, 4) is 0 Å². The molecule has 0 radical (unpaired) electrons. The summed E-state index contributed by atoms with van der Waals surface area (Å²) in [5.74, 6) is 0. The maximum atomic E-state index is 12.1. The fraction of sp³-hybridized carbons (Fsp3) is 1.00. The van der Waals surface area contributed by atoms with E-state index in [0.717, 1.165) is 6.42 Å². The van der Waals surface area contributed by atoms with Crippen LogP contribution in [0.25, 0.3) is 0 Å². The van der Waals surface area contributed by atoms with Crippen LogP contribution in [0.3, 0.4) is 0 Å². The molecule has 1 fully saturated rings. The quantitative estimate of drug-likeness (QED) is 0.745. The van der Waals surface area contributed by atoms with Gasteiger partial charge in [0.05, 0.1) is 12.2 Å². The summed E-state index contributed by atoms with van der Waals surface area (Å²) in [4.78, 5) is 0. The maximum absolute atomic E-state index is 12.1. The molecule has 0 spiro atoms. The lowest BCUT2D eigenvalue weighted by molar-refractivity contribution is 0.0925. The van der Waals surface area contributed by atoms with Crippen molar-refractivity contribution in [1.29, 1.82) is 0 Å². The first-order chi connectivity index (χ1) is 6.22. The Labute approximate surface area is 85.1 Å². The van der Waals surface area contributed by atoms with Gasteiger partial charge in [-0.15, -0.1) is 0 Å². The monoisotopic (exact) mass is 222 g/mol. The normalized spacial score (nSPS) is 41.5. The van der Waals surface area contributed by atoms with E-state index in [9.17, 15) is 9.67 Å². The summed E-state index contributed by atoms with van der Waals surface area (Å²) in [5.41, 5.74) is -0.577. The summed E-state index contributed by atoms with van der Waals surface area (Å²) >= 11 is 0. The highest BCUT2D eigenvalue weighted by molar-refractivity contribution is 7.55. The topological polar surface area (TPSA) is 55.8 Å². The first-order valence-corrected chi connectivity index (χ1v) is 6.44. The predicted molar refractivity (Wildman–Crippen MR) is 54.3 cm³/mol. The molecule has 0 aromatic rings. The van der Waals surface area contributed by atoms with Crippen molar-refractivity contribution < 1.29 is 18.7 Å². The summed E-state index contributed by atoms with van der Waals surface area (Å²) in [6.07, 6.45) is 1.09. The van der Waals surface area contributed by atoms with Crippen molar-refractivity contribution in [2.24, 2.45) is 0 Å². The van der Waals surface area contributed by atoms with Crippen LogP contribution in [0.15, 0.2) is 0 Å². The molecule has 1 heterocycles. The number of rotatable bonds is 3. The van der Waals surface area contributed by atoms with Crippen LogP contribution in [0, 0.1) is 0 Å². The number of hydrogen-bond acceptors (Lipinski definition) is 4. The van der Waals surface area contributed by atoms with Gasteiger partial charge in [-0.1, -0.05) is 6.92 Å². The van der Waals surface area contributed by atoms with E-state index in [1.165, 1.54) is 6.92 Å². The van der Waals surface area contributed by atoms with Crippen molar-refractivity contribution in [2.45, 2.75) is 51.5 Å². The molecule has 1 saturated heterocycles. The SMILES string of the molecule is CCCOP1(=O)OC(C)(C)CC1(C)O. The van der Waals surface area contributed by atoms with Gasteiger partial charge in [0.15, 0.2) is 5.34 Å². The molecule has 0 bridgehead atoms. The minimum atomic E-state index is -3.36. The minimum Gasteiger partial charge on any atom is -0.377 e. The summed E-state index contributed by atoms with van der Waals surface area (Å²) in [7, 11) is -3.36. The molecule has 1 aliphatic rings. The summed E-state index contributed by atoms with van der Waals surface area (Å²) < 4.78 is 22.7. The molecular formula is C9H19O4P. The van der Waals surface area contributed by atoms with Crippen LogP contribution in [0.1, 0.15) is 40.5 Å². The fourth-order valence-electron chi connectivity index (χ4n) is 1.74. The van der Waals surface area contributed by atoms with E-state index >= 15 is 0 Å². The zero-order valence-electron chi connectivity index (χ0n) is 9.24. The molecule has 0 saturated carbocycles. The van der Waals surface area contributed by atoms with Gasteiger partial charge in [-0.25, -0.2) is 0 Å². The lowest BCUT2D eigenvalue weighted by Gasteiger charge is -2.22. The average molecular weight is 222 g/mol. The van der Waals surface area contributed by atoms with E-state index in [-0.39, 0.29) is 0 Å². The molecule has 0 aromatic carbocycles. The number of aliphatic hydroxyl groups is 1. The first-order valence-electron chi connectivity index (χ1n) is 4.90. The standard InChI is InChI=1S/C9H19O4P/c1-5-6-12-14(11)9(4,10)7-8(2,3)13-14/h10H,5-7H2,1-4H3. The highest BCUT2D eigenvalue weighted by Crippen LogP contribution is 2.68. The second-order valence-electron chi connectivity index (χ2n) is 4.58.